The zero-order valence-electron chi connectivity index (χ0n) is 10.8. The molecule has 4 heteroatoms. The van der Waals surface area contributed by atoms with Gasteiger partial charge in [0.15, 0.2) is 0 Å². The van der Waals surface area contributed by atoms with E-state index in [-0.39, 0.29) is 5.91 Å². The number of amides is 1. The Labute approximate surface area is 127 Å². The van der Waals surface area contributed by atoms with E-state index in [4.69, 9.17) is 0 Å². The first kappa shape index (κ1) is 14.2. The van der Waals surface area contributed by atoms with Crippen LogP contribution in [0.25, 0.3) is 0 Å². The zero-order chi connectivity index (χ0) is 13.2. The van der Waals surface area contributed by atoms with Gasteiger partial charge in [-0.05, 0) is 47.2 Å². The van der Waals surface area contributed by atoms with E-state index < -0.39 is 0 Å². The van der Waals surface area contributed by atoms with Crippen LogP contribution in [0, 0.1) is 3.57 Å². The van der Waals surface area contributed by atoms with Crippen LogP contribution in [0.4, 0.5) is 0 Å². The van der Waals surface area contributed by atoms with E-state index in [0.717, 1.165) is 34.4 Å². The smallest absolute Gasteiger partial charge is 0.253 e. The van der Waals surface area contributed by atoms with Crippen LogP contribution in [0.15, 0.2) is 24.3 Å². The minimum Gasteiger partial charge on any atom is -0.338 e. The molecule has 0 aliphatic carbocycles. The number of rotatable bonds is 1. The molecule has 1 amide bonds. The molecule has 2 rings (SSSR count). The normalized spacial score (nSPS) is 19.4. The standard InChI is InChI=1S/C14H18INOS/c1-14(2)6-7-16(8-9-18-14)13(17)11-4-3-5-12(15)10-11/h3-5,10H,6-9H2,1-2H3. The predicted molar refractivity (Wildman–Crippen MR) is 86.2 cm³/mol. The summed E-state index contributed by atoms with van der Waals surface area (Å²) in [5.74, 6) is 1.20. The lowest BCUT2D eigenvalue weighted by Crippen LogP contribution is -2.33. The molecular formula is C14H18INOS. The minimum atomic E-state index is 0.173. The Morgan fingerprint density at radius 1 is 1.39 bits per heavy atom. The number of carbonyl (C=O) groups is 1. The van der Waals surface area contributed by atoms with Crippen molar-refractivity contribution in [2.24, 2.45) is 0 Å². The van der Waals surface area contributed by atoms with Crippen molar-refractivity contribution in [1.82, 2.24) is 4.90 Å². The Hall–Kier alpha value is -0.230. The number of hydrogen-bond acceptors (Lipinski definition) is 2. The van der Waals surface area contributed by atoms with E-state index in [1.54, 1.807) is 0 Å². The highest BCUT2D eigenvalue weighted by molar-refractivity contribution is 14.1. The summed E-state index contributed by atoms with van der Waals surface area (Å²) in [5.41, 5.74) is 0.812. The first-order valence-corrected chi connectivity index (χ1v) is 8.23. The van der Waals surface area contributed by atoms with Crippen LogP contribution < -0.4 is 0 Å². The van der Waals surface area contributed by atoms with Crippen LogP contribution in [-0.2, 0) is 0 Å². The fourth-order valence-corrected chi connectivity index (χ4v) is 3.67. The molecule has 0 bridgehead atoms. The fourth-order valence-electron chi connectivity index (χ4n) is 2.03. The number of benzene rings is 1. The van der Waals surface area contributed by atoms with Gasteiger partial charge in [-0.15, -0.1) is 0 Å². The molecule has 1 aliphatic heterocycles. The van der Waals surface area contributed by atoms with Gasteiger partial charge in [0.25, 0.3) is 5.91 Å². The highest BCUT2D eigenvalue weighted by Gasteiger charge is 2.26. The fraction of sp³-hybridized carbons (Fsp3) is 0.500. The first-order chi connectivity index (χ1) is 8.48. The molecule has 0 N–H and O–H groups in total. The van der Waals surface area contributed by atoms with Crippen LogP contribution in [0.1, 0.15) is 30.6 Å². The Bertz CT molecular complexity index is 447. The third kappa shape index (κ3) is 3.63. The van der Waals surface area contributed by atoms with Crippen LogP contribution >= 0.6 is 34.4 Å². The molecule has 0 radical (unpaired) electrons. The second-order valence-electron chi connectivity index (χ2n) is 5.16. The van der Waals surface area contributed by atoms with Crippen LogP contribution in [0.2, 0.25) is 0 Å². The zero-order valence-corrected chi connectivity index (χ0v) is 13.8. The third-order valence-electron chi connectivity index (χ3n) is 3.20. The lowest BCUT2D eigenvalue weighted by Gasteiger charge is -2.22. The summed E-state index contributed by atoms with van der Waals surface area (Å²) >= 11 is 4.21. The molecule has 0 unspecified atom stereocenters. The second-order valence-corrected chi connectivity index (χ2v) is 8.21. The van der Waals surface area contributed by atoms with Gasteiger partial charge in [0.1, 0.15) is 0 Å². The monoisotopic (exact) mass is 375 g/mol. The molecule has 0 aromatic heterocycles. The Morgan fingerprint density at radius 2 is 2.17 bits per heavy atom. The maximum atomic E-state index is 12.4. The van der Waals surface area contributed by atoms with Gasteiger partial charge in [-0.2, -0.15) is 11.8 Å². The summed E-state index contributed by atoms with van der Waals surface area (Å²) < 4.78 is 1.41. The van der Waals surface area contributed by atoms with Gasteiger partial charge in [-0.25, -0.2) is 0 Å². The Balaban J connectivity index is 2.10. The molecule has 0 spiro atoms. The molecule has 1 heterocycles. The molecule has 98 valence electrons. The second kappa shape index (κ2) is 5.82. The Kier molecular flexibility index (Phi) is 4.59. The maximum Gasteiger partial charge on any atom is 0.253 e. The lowest BCUT2D eigenvalue weighted by molar-refractivity contribution is 0.0764. The van der Waals surface area contributed by atoms with E-state index in [0.29, 0.717) is 4.75 Å². The third-order valence-corrected chi connectivity index (χ3v) is 5.24. The van der Waals surface area contributed by atoms with Crippen molar-refractivity contribution >= 4 is 40.3 Å². The molecule has 2 nitrogen and oxygen atoms in total. The van der Waals surface area contributed by atoms with E-state index in [1.165, 1.54) is 0 Å². The van der Waals surface area contributed by atoms with E-state index in [2.05, 4.69) is 36.4 Å². The molecule has 1 aliphatic rings. The number of thioether (sulfide) groups is 1. The van der Waals surface area contributed by atoms with E-state index in [9.17, 15) is 4.79 Å². The highest BCUT2D eigenvalue weighted by Crippen LogP contribution is 2.31. The molecule has 0 saturated carbocycles. The number of halogens is 1. The number of nitrogens with zero attached hydrogens (tertiary/aromatic N) is 1. The van der Waals surface area contributed by atoms with Gasteiger partial charge < -0.3 is 4.90 Å². The highest BCUT2D eigenvalue weighted by atomic mass is 127. The van der Waals surface area contributed by atoms with Crippen molar-refractivity contribution in [3.8, 4) is 0 Å². The summed E-state index contributed by atoms with van der Waals surface area (Å²) in [6.45, 7) is 6.25. The largest absolute Gasteiger partial charge is 0.338 e. The van der Waals surface area contributed by atoms with Crippen LogP contribution in [0.5, 0.6) is 0 Å². The molecule has 1 aromatic rings. The first-order valence-electron chi connectivity index (χ1n) is 6.17. The molecule has 1 aromatic carbocycles. The van der Waals surface area contributed by atoms with Gasteiger partial charge in [0.2, 0.25) is 0 Å². The summed E-state index contributed by atoms with van der Waals surface area (Å²) in [7, 11) is 0. The van der Waals surface area contributed by atoms with Crippen molar-refractivity contribution < 1.29 is 4.79 Å². The minimum absolute atomic E-state index is 0.173. The topological polar surface area (TPSA) is 20.3 Å². The van der Waals surface area contributed by atoms with Crippen molar-refractivity contribution in [2.75, 3.05) is 18.8 Å². The van der Waals surface area contributed by atoms with Crippen LogP contribution in [0.3, 0.4) is 0 Å². The van der Waals surface area contributed by atoms with Gasteiger partial charge >= 0.3 is 0 Å². The number of hydrogen-bond donors (Lipinski definition) is 0. The Morgan fingerprint density at radius 3 is 2.89 bits per heavy atom. The lowest BCUT2D eigenvalue weighted by atomic mass is 10.1. The average Bonchev–Trinajstić information content (AvgIpc) is 2.49. The number of carbonyl (C=O) groups excluding carboxylic acids is 1. The van der Waals surface area contributed by atoms with Crippen molar-refractivity contribution in [1.29, 1.82) is 0 Å². The molecular weight excluding hydrogens is 357 g/mol. The summed E-state index contributed by atoms with van der Waals surface area (Å²) in [6, 6.07) is 7.84. The quantitative estimate of drug-likeness (QED) is 0.699. The predicted octanol–water partition coefficient (Wildman–Crippen LogP) is 3.65. The molecule has 18 heavy (non-hydrogen) atoms. The SMILES string of the molecule is CC1(C)CCN(C(=O)c2cccc(I)c2)CCS1. The summed E-state index contributed by atoms with van der Waals surface area (Å²) in [4.78, 5) is 14.4. The van der Waals surface area contributed by atoms with Crippen molar-refractivity contribution in [3.05, 3.63) is 33.4 Å². The van der Waals surface area contributed by atoms with E-state index >= 15 is 0 Å². The molecule has 1 fully saturated rings. The van der Waals surface area contributed by atoms with Gasteiger partial charge in [0.05, 0.1) is 0 Å². The maximum absolute atomic E-state index is 12.4. The van der Waals surface area contributed by atoms with E-state index in [1.807, 2.05) is 40.9 Å². The van der Waals surface area contributed by atoms with Gasteiger partial charge in [-0.1, -0.05) is 19.9 Å². The molecule has 0 atom stereocenters. The average molecular weight is 375 g/mol. The van der Waals surface area contributed by atoms with Crippen molar-refractivity contribution in [2.45, 2.75) is 25.0 Å². The van der Waals surface area contributed by atoms with Crippen LogP contribution in [-0.4, -0.2) is 34.4 Å². The summed E-state index contributed by atoms with van der Waals surface area (Å²) in [6.07, 6.45) is 1.06. The van der Waals surface area contributed by atoms with Gasteiger partial charge in [-0.3, -0.25) is 4.79 Å². The van der Waals surface area contributed by atoms with Crippen molar-refractivity contribution in [3.63, 3.8) is 0 Å². The summed E-state index contributed by atoms with van der Waals surface area (Å²) in [5, 5.41) is 0. The molecule has 1 saturated heterocycles. The van der Waals surface area contributed by atoms with Gasteiger partial charge in [0, 0.05) is 32.7 Å².